The molecule has 2 unspecified atom stereocenters. The van der Waals surface area contributed by atoms with Crippen LogP contribution in [0.25, 0.3) is 11.1 Å². The Morgan fingerprint density at radius 2 is 2.12 bits per heavy atom. The van der Waals surface area contributed by atoms with Gasteiger partial charge in [0.05, 0.1) is 0 Å². The van der Waals surface area contributed by atoms with Crippen LogP contribution in [0.5, 0.6) is 0 Å². The zero-order valence-electron chi connectivity index (χ0n) is 14.6. The maximum atomic E-state index is 14.5. The molecule has 2 aromatic carbocycles. The molecule has 2 aromatic rings. The standard InChI is InChI=1S/C18H20ClFN2O.CH2O2/c1-11-6-14(19)8-15(17(11)20)12-4-3-5-13(7-12)18(2)10-22-9-16(21)23-18;2-1-3/h3-8,16,22H,9-10,21H2,1-2H3;1H,(H,2,3). The molecule has 2 atom stereocenters. The van der Waals surface area contributed by atoms with Crippen LogP contribution >= 0.6 is 11.6 Å². The molecule has 1 fully saturated rings. The molecule has 0 bridgehead atoms. The number of halogens is 2. The Morgan fingerprint density at radius 1 is 1.42 bits per heavy atom. The summed E-state index contributed by atoms with van der Waals surface area (Å²) in [5.74, 6) is -0.254. The summed E-state index contributed by atoms with van der Waals surface area (Å²) in [6.45, 7) is 4.72. The van der Waals surface area contributed by atoms with Crippen LogP contribution in [0.4, 0.5) is 4.39 Å². The van der Waals surface area contributed by atoms with Gasteiger partial charge in [-0.1, -0.05) is 29.8 Å². The smallest absolute Gasteiger partial charge is 0.290 e. The van der Waals surface area contributed by atoms with E-state index in [1.54, 1.807) is 19.1 Å². The summed E-state index contributed by atoms with van der Waals surface area (Å²) in [4.78, 5) is 8.36. The summed E-state index contributed by atoms with van der Waals surface area (Å²) in [5.41, 5.74) is 8.10. The van der Waals surface area contributed by atoms with Gasteiger partial charge in [-0.2, -0.15) is 0 Å². The fourth-order valence-corrected chi connectivity index (χ4v) is 3.26. The molecule has 0 amide bonds. The van der Waals surface area contributed by atoms with Gasteiger partial charge in [0, 0.05) is 23.7 Å². The monoisotopic (exact) mass is 380 g/mol. The van der Waals surface area contributed by atoms with Crippen LogP contribution in [0.1, 0.15) is 18.1 Å². The molecule has 5 nitrogen and oxygen atoms in total. The lowest BCUT2D eigenvalue weighted by Crippen LogP contribution is -2.53. The number of rotatable bonds is 2. The zero-order chi connectivity index (χ0) is 19.3. The molecule has 26 heavy (non-hydrogen) atoms. The molecule has 1 saturated heterocycles. The van der Waals surface area contributed by atoms with Crippen molar-refractivity contribution >= 4 is 18.1 Å². The minimum absolute atomic E-state index is 0.250. The molecule has 0 spiro atoms. The van der Waals surface area contributed by atoms with Crippen LogP contribution in [0.15, 0.2) is 36.4 Å². The Hall–Kier alpha value is -1.99. The van der Waals surface area contributed by atoms with Crippen molar-refractivity contribution in [2.45, 2.75) is 25.7 Å². The Morgan fingerprint density at radius 3 is 2.77 bits per heavy atom. The number of nitrogens with one attached hydrogen (secondary N) is 1. The van der Waals surface area contributed by atoms with E-state index in [0.29, 0.717) is 29.2 Å². The average Bonchev–Trinajstić information content (AvgIpc) is 2.59. The third kappa shape index (κ3) is 4.59. The van der Waals surface area contributed by atoms with Crippen LogP contribution in [0.3, 0.4) is 0 Å². The van der Waals surface area contributed by atoms with Crippen molar-refractivity contribution < 1.29 is 19.0 Å². The molecule has 0 saturated carbocycles. The second-order valence-electron chi connectivity index (χ2n) is 6.29. The summed E-state index contributed by atoms with van der Waals surface area (Å²) in [5, 5.41) is 10.7. The molecule has 1 aliphatic heterocycles. The molecule has 1 heterocycles. The van der Waals surface area contributed by atoms with Crippen LogP contribution in [0, 0.1) is 12.7 Å². The van der Waals surface area contributed by atoms with Gasteiger partial charge in [0.15, 0.2) is 0 Å². The normalized spacial score (nSPS) is 22.3. The first-order valence-electron chi connectivity index (χ1n) is 8.09. The minimum atomic E-state index is -0.544. The first-order chi connectivity index (χ1) is 12.3. The van der Waals surface area contributed by atoms with Gasteiger partial charge in [-0.15, -0.1) is 0 Å². The van der Waals surface area contributed by atoms with Crippen molar-refractivity contribution in [3.05, 3.63) is 58.4 Å². The maximum absolute atomic E-state index is 14.5. The number of nitrogens with two attached hydrogens (primary N) is 1. The maximum Gasteiger partial charge on any atom is 0.290 e. The highest BCUT2D eigenvalue weighted by atomic mass is 35.5. The Kier molecular flexibility index (Phi) is 6.72. The van der Waals surface area contributed by atoms with E-state index in [-0.39, 0.29) is 18.5 Å². The summed E-state index contributed by atoms with van der Waals surface area (Å²) >= 11 is 6.09. The number of aryl methyl sites for hydroxylation is 1. The Labute approximate surface area is 156 Å². The van der Waals surface area contributed by atoms with Crippen molar-refractivity contribution in [1.82, 2.24) is 5.32 Å². The molecule has 0 aliphatic carbocycles. The molecule has 0 aromatic heterocycles. The SMILES string of the molecule is Cc1cc(Cl)cc(-c2cccc(C3(C)CNCC(N)O3)c2)c1F.O=CO. The Bertz CT molecular complexity index is 787. The molecule has 4 N–H and O–H groups in total. The van der Waals surface area contributed by atoms with Crippen molar-refractivity contribution in [3.8, 4) is 11.1 Å². The van der Waals surface area contributed by atoms with Crippen molar-refractivity contribution in [2.24, 2.45) is 5.73 Å². The fourth-order valence-electron chi connectivity index (χ4n) is 2.99. The second-order valence-corrected chi connectivity index (χ2v) is 6.72. The number of hydrogen-bond donors (Lipinski definition) is 3. The number of carbonyl (C=O) groups is 1. The topological polar surface area (TPSA) is 84.6 Å². The molecule has 7 heteroatoms. The van der Waals surface area contributed by atoms with Crippen molar-refractivity contribution in [3.63, 3.8) is 0 Å². The van der Waals surface area contributed by atoms with Crippen molar-refractivity contribution in [1.29, 1.82) is 0 Å². The third-order valence-electron chi connectivity index (χ3n) is 4.22. The molecular weight excluding hydrogens is 359 g/mol. The van der Waals surface area contributed by atoms with Crippen LogP contribution in [-0.4, -0.2) is 30.9 Å². The highest BCUT2D eigenvalue weighted by Gasteiger charge is 2.33. The van der Waals surface area contributed by atoms with E-state index in [1.807, 2.05) is 31.2 Å². The number of benzene rings is 2. The molecule has 0 radical (unpaired) electrons. The minimum Gasteiger partial charge on any atom is -0.483 e. The number of hydrogen-bond acceptors (Lipinski definition) is 4. The number of morpholine rings is 1. The largest absolute Gasteiger partial charge is 0.483 e. The second kappa shape index (κ2) is 8.60. The van der Waals surface area contributed by atoms with Gasteiger partial charge in [0.2, 0.25) is 0 Å². The average molecular weight is 381 g/mol. The first-order valence-corrected chi connectivity index (χ1v) is 8.47. The van der Waals surface area contributed by atoms with Gasteiger partial charge in [0.1, 0.15) is 17.6 Å². The van der Waals surface area contributed by atoms with Gasteiger partial charge in [0.25, 0.3) is 6.47 Å². The van der Waals surface area contributed by atoms with E-state index in [9.17, 15) is 4.39 Å². The molecule has 1 aliphatic rings. The molecule has 3 rings (SSSR count). The van der Waals surface area contributed by atoms with Crippen LogP contribution in [0.2, 0.25) is 5.02 Å². The highest BCUT2D eigenvalue weighted by molar-refractivity contribution is 6.31. The highest BCUT2D eigenvalue weighted by Crippen LogP contribution is 2.33. The summed E-state index contributed by atoms with van der Waals surface area (Å²) in [6.07, 6.45) is -0.359. The quantitative estimate of drug-likeness (QED) is 0.696. The van der Waals surface area contributed by atoms with E-state index in [1.165, 1.54) is 0 Å². The lowest BCUT2D eigenvalue weighted by atomic mass is 9.91. The van der Waals surface area contributed by atoms with E-state index >= 15 is 0 Å². The Balaban J connectivity index is 0.000000758. The number of ether oxygens (including phenoxy) is 1. The summed E-state index contributed by atoms with van der Waals surface area (Å²) < 4.78 is 20.4. The van der Waals surface area contributed by atoms with E-state index in [4.69, 9.17) is 32.0 Å². The van der Waals surface area contributed by atoms with Crippen LogP contribution in [-0.2, 0) is 15.1 Å². The third-order valence-corrected chi connectivity index (χ3v) is 4.44. The predicted octanol–water partition coefficient (Wildman–Crippen LogP) is 3.28. The van der Waals surface area contributed by atoms with Crippen molar-refractivity contribution in [2.75, 3.05) is 13.1 Å². The lowest BCUT2D eigenvalue weighted by molar-refractivity contribution is -0.122. The van der Waals surface area contributed by atoms with E-state index in [0.717, 1.165) is 11.1 Å². The van der Waals surface area contributed by atoms with Gasteiger partial charge in [-0.05, 0) is 48.7 Å². The molecule has 140 valence electrons. The van der Waals surface area contributed by atoms with Gasteiger partial charge >= 0.3 is 0 Å². The van der Waals surface area contributed by atoms with Gasteiger partial charge in [-0.3, -0.25) is 4.79 Å². The molecular formula is C19H22ClFN2O3. The van der Waals surface area contributed by atoms with Crippen LogP contribution < -0.4 is 11.1 Å². The predicted molar refractivity (Wildman–Crippen MR) is 99.6 cm³/mol. The van der Waals surface area contributed by atoms with Gasteiger partial charge < -0.3 is 20.9 Å². The number of carboxylic acid groups (broad SMARTS) is 1. The fraction of sp³-hybridized carbons (Fsp3) is 0.316. The summed E-state index contributed by atoms with van der Waals surface area (Å²) in [6, 6.07) is 11.0. The lowest BCUT2D eigenvalue weighted by Gasteiger charge is -2.38. The first kappa shape index (κ1) is 20.3. The zero-order valence-corrected chi connectivity index (χ0v) is 15.4. The van der Waals surface area contributed by atoms with E-state index < -0.39 is 5.60 Å². The van der Waals surface area contributed by atoms with E-state index in [2.05, 4.69) is 5.32 Å². The van der Waals surface area contributed by atoms with Gasteiger partial charge in [-0.25, -0.2) is 4.39 Å². The summed E-state index contributed by atoms with van der Waals surface area (Å²) in [7, 11) is 0.